The Morgan fingerprint density at radius 2 is 2.27 bits per heavy atom. The normalized spacial score (nSPS) is 10.7. The number of rotatable bonds is 4. The minimum atomic E-state index is -0.339. The molecular weight excluding hydrogens is 194 g/mol. The predicted molar refractivity (Wildman–Crippen MR) is 56.9 cm³/mol. The van der Waals surface area contributed by atoms with Gasteiger partial charge in [-0.2, -0.15) is 0 Å². The minimum Gasteiger partial charge on any atom is -0.464 e. The number of carbonyl (C=O) groups is 1. The standard InChI is InChI=1S/C10H17N3O2/c1-8-11-7-9(10(14)15-4)13(8)6-5-12(2)3/h7H,5-6H2,1-4H3. The van der Waals surface area contributed by atoms with E-state index in [2.05, 4.69) is 14.6 Å². The molecule has 0 aliphatic heterocycles. The van der Waals surface area contributed by atoms with E-state index in [1.54, 1.807) is 6.20 Å². The fraction of sp³-hybridized carbons (Fsp3) is 0.600. The van der Waals surface area contributed by atoms with Crippen LogP contribution in [0, 0.1) is 6.92 Å². The Kier molecular flexibility index (Phi) is 3.85. The van der Waals surface area contributed by atoms with Crippen molar-refractivity contribution in [1.29, 1.82) is 0 Å². The van der Waals surface area contributed by atoms with Gasteiger partial charge in [-0.25, -0.2) is 9.78 Å². The molecule has 5 nitrogen and oxygen atoms in total. The molecule has 15 heavy (non-hydrogen) atoms. The zero-order chi connectivity index (χ0) is 11.4. The lowest BCUT2D eigenvalue weighted by Crippen LogP contribution is -2.21. The average Bonchev–Trinajstić information content (AvgIpc) is 2.55. The summed E-state index contributed by atoms with van der Waals surface area (Å²) in [4.78, 5) is 17.6. The van der Waals surface area contributed by atoms with Crippen LogP contribution in [-0.4, -0.2) is 48.2 Å². The second kappa shape index (κ2) is 4.93. The molecule has 1 heterocycles. The maximum Gasteiger partial charge on any atom is 0.356 e. The minimum absolute atomic E-state index is 0.339. The van der Waals surface area contributed by atoms with E-state index in [0.29, 0.717) is 5.69 Å². The van der Waals surface area contributed by atoms with Crippen molar-refractivity contribution in [2.24, 2.45) is 0 Å². The van der Waals surface area contributed by atoms with Gasteiger partial charge in [0.25, 0.3) is 0 Å². The number of aromatic nitrogens is 2. The summed E-state index contributed by atoms with van der Waals surface area (Å²) in [6.45, 7) is 3.48. The van der Waals surface area contributed by atoms with Crippen LogP contribution in [0.2, 0.25) is 0 Å². The first-order valence-electron chi connectivity index (χ1n) is 4.81. The van der Waals surface area contributed by atoms with Crippen LogP contribution in [0.3, 0.4) is 0 Å². The van der Waals surface area contributed by atoms with Crippen molar-refractivity contribution in [2.45, 2.75) is 13.5 Å². The molecule has 0 amide bonds. The molecule has 0 saturated heterocycles. The Morgan fingerprint density at radius 1 is 1.60 bits per heavy atom. The SMILES string of the molecule is COC(=O)c1cnc(C)n1CCN(C)C. The molecule has 0 aliphatic carbocycles. The van der Waals surface area contributed by atoms with Gasteiger partial charge in [-0.1, -0.05) is 0 Å². The molecule has 1 aromatic rings. The van der Waals surface area contributed by atoms with Crippen LogP contribution in [-0.2, 0) is 11.3 Å². The summed E-state index contributed by atoms with van der Waals surface area (Å²) in [5.41, 5.74) is 0.511. The lowest BCUT2D eigenvalue weighted by Gasteiger charge is -2.13. The molecule has 0 radical (unpaired) electrons. The zero-order valence-electron chi connectivity index (χ0n) is 9.65. The Hall–Kier alpha value is -1.36. The van der Waals surface area contributed by atoms with Crippen molar-refractivity contribution in [3.63, 3.8) is 0 Å². The topological polar surface area (TPSA) is 47.4 Å². The maximum absolute atomic E-state index is 11.4. The van der Waals surface area contributed by atoms with E-state index in [9.17, 15) is 4.79 Å². The summed E-state index contributed by atoms with van der Waals surface area (Å²) < 4.78 is 6.55. The number of nitrogens with zero attached hydrogens (tertiary/aromatic N) is 3. The maximum atomic E-state index is 11.4. The van der Waals surface area contributed by atoms with Gasteiger partial charge >= 0.3 is 5.97 Å². The number of esters is 1. The fourth-order valence-electron chi connectivity index (χ4n) is 1.32. The summed E-state index contributed by atoms with van der Waals surface area (Å²) >= 11 is 0. The van der Waals surface area contributed by atoms with E-state index in [1.165, 1.54) is 7.11 Å². The number of aryl methyl sites for hydroxylation is 1. The van der Waals surface area contributed by atoms with Gasteiger partial charge in [-0.15, -0.1) is 0 Å². The molecule has 0 fully saturated rings. The molecule has 0 N–H and O–H groups in total. The number of likely N-dealkylation sites (N-methyl/N-ethyl adjacent to an activating group) is 1. The van der Waals surface area contributed by atoms with Crippen molar-refractivity contribution in [3.05, 3.63) is 17.7 Å². The van der Waals surface area contributed by atoms with Gasteiger partial charge in [-0.3, -0.25) is 0 Å². The number of hydrogen-bond donors (Lipinski definition) is 0. The highest BCUT2D eigenvalue weighted by Crippen LogP contribution is 2.06. The third-order valence-electron chi connectivity index (χ3n) is 2.22. The molecule has 1 rings (SSSR count). The second-order valence-corrected chi connectivity index (χ2v) is 3.64. The Bertz CT molecular complexity index is 344. The molecule has 0 spiro atoms. The van der Waals surface area contributed by atoms with E-state index in [4.69, 9.17) is 0 Å². The average molecular weight is 211 g/mol. The van der Waals surface area contributed by atoms with Gasteiger partial charge in [0.15, 0.2) is 0 Å². The van der Waals surface area contributed by atoms with Crippen LogP contribution >= 0.6 is 0 Å². The molecule has 0 unspecified atom stereocenters. The van der Waals surface area contributed by atoms with Gasteiger partial charge < -0.3 is 14.2 Å². The van der Waals surface area contributed by atoms with Gasteiger partial charge in [-0.05, 0) is 21.0 Å². The second-order valence-electron chi connectivity index (χ2n) is 3.64. The van der Waals surface area contributed by atoms with Crippen LogP contribution < -0.4 is 0 Å². The zero-order valence-corrected chi connectivity index (χ0v) is 9.65. The van der Waals surface area contributed by atoms with Crippen molar-refractivity contribution < 1.29 is 9.53 Å². The van der Waals surface area contributed by atoms with E-state index in [1.807, 2.05) is 25.6 Å². The van der Waals surface area contributed by atoms with Gasteiger partial charge in [0.05, 0.1) is 13.3 Å². The number of ether oxygens (including phenoxy) is 1. The van der Waals surface area contributed by atoms with E-state index in [0.717, 1.165) is 18.9 Å². The van der Waals surface area contributed by atoms with Gasteiger partial charge in [0.1, 0.15) is 11.5 Å². The third-order valence-corrected chi connectivity index (χ3v) is 2.22. The smallest absolute Gasteiger partial charge is 0.356 e. The monoisotopic (exact) mass is 211 g/mol. The quantitative estimate of drug-likeness (QED) is 0.682. The molecule has 5 heteroatoms. The number of carbonyl (C=O) groups excluding carboxylic acids is 1. The highest BCUT2D eigenvalue weighted by atomic mass is 16.5. The van der Waals surface area contributed by atoms with Crippen molar-refractivity contribution >= 4 is 5.97 Å². The first-order valence-corrected chi connectivity index (χ1v) is 4.81. The van der Waals surface area contributed by atoms with Crippen LogP contribution in [0.25, 0.3) is 0 Å². The predicted octanol–water partition coefficient (Wildman–Crippen LogP) is 0.540. The van der Waals surface area contributed by atoms with Crippen LogP contribution in [0.1, 0.15) is 16.3 Å². The molecule has 0 aromatic carbocycles. The number of methoxy groups -OCH3 is 1. The fourth-order valence-corrected chi connectivity index (χ4v) is 1.32. The highest BCUT2D eigenvalue weighted by Gasteiger charge is 2.14. The molecule has 0 aliphatic rings. The van der Waals surface area contributed by atoms with Crippen LogP contribution in [0.5, 0.6) is 0 Å². The summed E-state index contributed by atoms with van der Waals surface area (Å²) in [6.07, 6.45) is 1.55. The Morgan fingerprint density at radius 3 is 2.80 bits per heavy atom. The third kappa shape index (κ3) is 2.79. The van der Waals surface area contributed by atoms with Crippen molar-refractivity contribution in [1.82, 2.24) is 14.5 Å². The summed E-state index contributed by atoms with van der Waals surface area (Å²) in [5, 5.41) is 0. The van der Waals surface area contributed by atoms with Gasteiger partial charge in [0, 0.05) is 13.1 Å². The Labute approximate surface area is 89.7 Å². The molecule has 84 valence electrons. The van der Waals surface area contributed by atoms with Crippen LogP contribution in [0.15, 0.2) is 6.20 Å². The summed E-state index contributed by atoms with van der Waals surface area (Å²) in [6, 6.07) is 0. The van der Waals surface area contributed by atoms with Crippen molar-refractivity contribution in [3.8, 4) is 0 Å². The largest absolute Gasteiger partial charge is 0.464 e. The lowest BCUT2D eigenvalue weighted by molar-refractivity contribution is 0.0587. The Balaban J connectivity index is 2.84. The first-order chi connectivity index (χ1) is 7.06. The first kappa shape index (κ1) is 11.7. The van der Waals surface area contributed by atoms with Crippen LogP contribution in [0.4, 0.5) is 0 Å². The molecule has 1 aromatic heterocycles. The lowest BCUT2D eigenvalue weighted by atomic mass is 10.4. The molecule has 0 atom stereocenters. The van der Waals surface area contributed by atoms with E-state index >= 15 is 0 Å². The van der Waals surface area contributed by atoms with E-state index < -0.39 is 0 Å². The summed E-state index contributed by atoms with van der Waals surface area (Å²) in [7, 11) is 5.36. The molecule has 0 bridgehead atoms. The highest BCUT2D eigenvalue weighted by molar-refractivity contribution is 5.87. The molecule has 0 saturated carbocycles. The van der Waals surface area contributed by atoms with E-state index in [-0.39, 0.29) is 5.97 Å². The number of imidazole rings is 1. The number of hydrogen-bond acceptors (Lipinski definition) is 4. The van der Waals surface area contributed by atoms with Gasteiger partial charge in [0.2, 0.25) is 0 Å². The van der Waals surface area contributed by atoms with Crippen molar-refractivity contribution in [2.75, 3.05) is 27.7 Å². The molecular formula is C10H17N3O2. The summed E-state index contributed by atoms with van der Waals surface area (Å²) in [5.74, 6) is 0.492.